The molecule has 4 unspecified atom stereocenters. The van der Waals surface area contributed by atoms with Crippen molar-refractivity contribution in [2.45, 2.75) is 99.7 Å². The average molecular weight is 456 g/mol. The number of rotatable bonds is 5. The van der Waals surface area contributed by atoms with Gasteiger partial charge in [-0.25, -0.2) is 0 Å². The molecule has 182 valence electrons. The Bertz CT molecular complexity index is 579. The summed E-state index contributed by atoms with van der Waals surface area (Å²) >= 11 is 0. The molecule has 0 radical (unpaired) electrons. The van der Waals surface area contributed by atoms with Crippen LogP contribution in [0.15, 0.2) is 0 Å². The van der Waals surface area contributed by atoms with E-state index in [0.29, 0.717) is 0 Å². The lowest BCUT2D eigenvalue weighted by Crippen LogP contribution is -2.63. The van der Waals surface area contributed by atoms with Crippen molar-refractivity contribution >= 4 is 0 Å². The van der Waals surface area contributed by atoms with Gasteiger partial charge in [0.05, 0.1) is 25.4 Å². The van der Waals surface area contributed by atoms with E-state index in [4.69, 9.17) is 23.7 Å². The van der Waals surface area contributed by atoms with Gasteiger partial charge in [0, 0.05) is 0 Å². The third kappa shape index (κ3) is 5.04. The summed E-state index contributed by atoms with van der Waals surface area (Å²) in [6, 6.07) is 0. The number of hydrogen-bond donors (Lipinski definition) is 8. The largest absolute Gasteiger partial charge is 0.394 e. The van der Waals surface area contributed by atoms with Crippen molar-refractivity contribution in [3.8, 4) is 0 Å². The first-order valence-corrected chi connectivity index (χ1v) is 10.2. The van der Waals surface area contributed by atoms with Crippen molar-refractivity contribution in [2.24, 2.45) is 0 Å². The van der Waals surface area contributed by atoms with Gasteiger partial charge in [-0.1, -0.05) is 0 Å². The summed E-state index contributed by atoms with van der Waals surface area (Å²) in [4.78, 5) is 0. The zero-order valence-electron chi connectivity index (χ0n) is 17.1. The normalized spacial score (nSPS) is 54.0. The molecule has 31 heavy (non-hydrogen) atoms. The third-order valence-corrected chi connectivity index (χ3v) is 5.96. The zero-order valence-corrected chi connectivity index (χ0v) is 17.1. The molecule has 3 saturated heterocycles. The molecule has 0 aliphatic carbocycles. The van der Waals surface area contributed by atoms with Crippen LogP contribution in [0.1, 0.15) is 13.8 Å². The van der Waals surface area contributed by atoms with Gasteiger partial charge in [0.15, 0.2) is 12.6 Å². The van der Waals surface area contributed by atoms with Crippen molar-refractivity contribution in [3.05, 3.63) is 0 Å². The number of hydrogen-bond acceptors (Lipinski definition) is 13. The molecule has 0 aromatic rings. The minimum absolute atomic E-state index is 0.136. The highest BCUT2D eigenvalue weighted by molar-refractivity contribution is 4.93. The lowest BCUT2D eigenvalue weighted by Gasteiger charge is -2.46. The quantitative estimate of drug-likeness (QED) is 0.195. The smallest absolute Gasteiger partial charge is 0.187 e. The molecule has 0 bridgehead atoms. The SMILES string of the molecule is CC1OCC(OC2O[C@H](CO)[C@@H](O)[C@H](O)[C@H]2O)[C@H](O)[C@H]1OC1O[C@@H](C)[C@H](O)[C@@H](O)[C@H]1O. The van der Waals surface area contributed by atoms with Crippen molar-refractivity contribution < 1.29 is 64.5 Å². The Morgan fingerprint density at radius 2 is 1.26 bits per heavy atom. The molecular formula is C18H32O13. The summed E-state index contributed by atoms with van der Waals surface area (Å²) < 4.78 is 27.4. The first kappa shape index (κ1) is 25.1. The minimum atomic E-state index is -1.66. The molecule has 3 aliphatic heterocycles. The van der Waals surface area contributed by atoms with Gasteiger partial charge in [0.25, 0.3) is 0 Å². The van der Waals surface area contributed by atoms with E-state index >= 15 is 0 Å². The van der Waals surface area contributed by atoms with Crippen LogP contribution in [0.3, 0.4) is 0 Å². The van der Waals surface area contributed by atoms with Gasteiger partial charge in [-0.3, -0.25) is 0 Å². The summed E-state index contributed by atoms with van der Waals surface area (Å²) in [5.41, 5.74) is 0. The first-order valence-electron chi connectivity index (χ1n) is 10.2. The fourth-order valence-electron chi connectivity index (χ4n) is 3.87. The standard InChI is InChI=1S/C18H32O13/c1-5-9(20)12(23)14(25)17(28-5)31-16-6(2)27-4-8(11(16)22)30-18-15(26)13(24)10(21)7(3-19)29-18/h5-26H,3-4H2,1-2H3/t5-,6?,7+,8?,9-,10+,11-,12+,13-,14+,15+,16-,17?,18?/m0/s1. The van der Waals surface area contributed by atoms with Gasteiger partial charge in [-0.15, -0.1) is 0 Å². The molecule has 3 fully saturated rings. The molecule has 3 rings (SSSR count). The van der Waals surface area contributed by atoms with Crippen LogP contribution in [-0.2, 0) is 23.7 Å². The predicted octanol–water partition coefficient (Wildman–Crippen LogP) is -4.84. The second kappa shape index (κ2) is 10.2. The molecule has 13 nitrogen and oxygen atoms in total. The monoisotopic (exact) mass is 456 g/mol. The van der Waals surface area contributed by atoms with Crippen molar-refractivity contribution in [2.75, 3.05) is 13.2 Å². The first-order chi connectivity index (χ1) is 14.6. The third-order valence-electron chi connectivity index (χ3n) is 5.96. The molecule has 0 aromatic heterocycles. The fourth-order valence-corrected chi connectivity index (χ4v) is 3.87. The van der Waals surface area contributed by atoms with E-state index in [1.54, 1.807) is 6.92 Å². The number of aliphatic hydroxyl groups excluding tert-OH is 8. The molecule has 0 amide bonds. The van der Waals surface area contributed by atoms with Crippen LogP contribution >= 0.6 is 0 Å². The summed E-state index contributed by atoms with van der Waals surface area (Å²) in [6.45, 7) is 2.31. The van der Waals surface area contributed by atoms with E-state index in [9.17, 15) is 40.9 Å². The number of aliphatic hydroxyl groups is 8. The molecular weight excluding hydrogens is 424 g/mol. The summed E-state index contributed by atoms with van der Waals surface area (Å²) in [6.07, 6.45) is -18.4. The van der Waals surface area contributed by atoms with Crippen molar-refractivity contribution in [1.29, 1.82) is 0 Å². The Morgan fingerprint density at radius 1 is 0.677 bits per heavy atom. The van der Waals surface area contributed by atoms with Gasteiger partial charge in [-0.05, 0) is 13.8 Å². The van der Waals surface area contributed by atoms with E-state index in [1.807, 2.05) is 0 Å². The lowest BCUT2D eigenvalue weighted by atomic mass is 9.97. The average Bonchev–Trinajstić information content (AvgIpc) is 2.75. The Morgan fingerprint density at radius 3 is 1.87 bits per heavy atom. The van der Waals surface area contributed by atoms with Gasteiger partial charge >= 0.3 is 0 Å². The molecule has 0 aromatic carbocycles. The zero-order chi connectivity index (χ0) is 23.0. The minimum Gasteiger partial charge on any atom is -0.394 e. The lowest BCUT2D eigenvalue weighted by molar-refractivity contribution is -0.351. The van der Waals surface area contributed by atoms with Crippen LogP contribution in [0.25, 0.3) is 0 Å². The molecule has 3 aliphatic rings. The Labute approximate surface area is 178 Å². The van der Waals surface area contributed by atoms with E-state index in [-0.39, 0.29) is 6.61 Å². The van der Waals surface area contributed by atoms with Crippen LogP contribution in [0.4, 0.5) is 0 Å². The second-order valence-corrected chi connectivity index (χ2v) is 8.18. The Balaban J connectivity index is 1.66. The predicted molar refractivity (Wildman–Crippen MR) is 97.3 cm³/mol. The Hall–Kier alpha value is -0.520. The molecule has 0 spiro atoms. The van der Waals surface area contributed by atoms with Crippen LogP contribution in [0.5, 0.6) is 0 Å². The van der Waals surface area contributed by atoms with Gasteiger partial charge < -0.3 is 64.5 Å². The highest BCUT2D eigenvalue weighted by atomic mass is 16.7. The van der Waals surface area contributed by atoms with Crippen molar-refractivity contribution in [1.82, 2.24) is 0 Å². The highest BCUT2D eigenvalue weighted by Crippen LogP contribution is 2.30. The van der Waals surface area contributed by atoms with Gasteiger partial charge in [-0.2, -0.15) is 0 Å². The van der Waals surface area contributed by atoms with Crippen LogP contribution in [-0.4, -0.2) is 140 Å². The second-order valence-electron chi connectivity index (χ2n) is 8.18. The molecule has 0 saturated carbocycles. The fraction of sp³-hybridized carbons (Fsp3) is 1.00. The molecule has 13 heteroatoms. The van der Waals surface area contributed by atoms with Crippen LogP contribution in [0.2, 0.25) is 0 Å². The van der Waals surface area contributed by atoms with E-state index in [2.05, 4.69) is 0 Å². The molecule has 8 N–H and O–H groups in total. The highest BCUT2D eigenvalue weighted by Gasteiger charge is 2.50. The summed E-state index contributed by atoms with van der Waals surface area (Å²) in [5, 5.41) is 79.9. The maximum atomic E-state index is 10.8. The van der Waals surface area contributed by atoms with Crippen LogP contribution in [0, 0.1) is 0 Å². The van der Waals surface area contributed by atoms with Gasteiger partial charge in [0.2, 0.25) is 0 Å². The van der Waals surface area contributed by atoms with Crippen molar-refractivity contribution in [3.63, 3.8) is 0 Å². The molecule has 14 atom stereocenters. The van der Waals surface area contributed by atoms with E-state index in [0.717, 1.165) is 0 Å². The summed E-state index contributed by atoms with van der Waals surface area (Å²) in [7, 11) is 0. The van der Waals surface area contributed by atoms with E-state index in [1.165, 1.54) is 6.92 Å². The summed E-state index contributed by atoms with van der Waals surface area (Å²) in [5.74, 6) is 0. The Kier molecular flexibility index (Phi) is 8.24. The molecule has 3 heterocycles. The topological polar surface area (TPSA) is 208 Å². The number of ether oxygens (including phenoxy) is 5. The van der Waals surface area contributed by atoms with Crippen LogP contribution < -0.4 is 0 Å². The maximum Gasteiger partial charge on any atom is 0.187 e. The maximum absolute atomic E-state index is 10.8. The van der Waals surface area contributed by atoms with Gasteiger partial charge in [0.1, 0.15) is 61.0 Å². The van der Waals surface area contributed by atoms with E-state index < -0.39 is 92.4 Å².